The van der Waals surface area contributed by atoms with Crippen molar-refractivity contribution in [2.75, 3.05) is 10.6 Å². The lowest BCUT2D eigenvalue weighted by atomic mass is 10.2. The van der Waals surface area contributed by atoms with Gasteiger partial charge in [0.05, 0.1) is 0 Å². The molecule has 0 saturated heterocycles. The van der Waals surface area contributed by atoms with Crippen LogP contribution in [-0.4, -0.2) is 15.9 Å². The van der Waals surface area contributed by atoms with Crippen LogP contribution < -0.4 is 10.6 Å². The Labute approximate surface area is 116 Å². The second-order valence-electron chi connectivity index (χ2n) is 4.06. The van der Waals surface area contributed by atoms with Gasteiger partial charge in [0.1, 0.15) is 5.82 Å². The van der Waals surface area contributed by atoms with Crippen molar-refractivity contribution in [3.63, 3.8) is 0 Å². The Morgan fingerprint density at radius 2 is 2.05 bits per heavy atom. The molecule has 2 rings (SSSR count). The lowest BCUT2D eigenvalue weighted by Crippen LogP contribution is -2.06. The van der Waals surface area contributed by atoms with Crippen LogP contribution in [0.1, 0.15) is 12.5 Å². The fourth-order valence-electron chi connectivity index (χ4n) is 1.56. The number of carbonyl (C=O) groups excluding carboxylic acids is 1. The summed E-state index contributed by atoms with van der Waals surface area (Å²) in [6, 6.07) is 7.34. The van der Waals surface area contributed by atoms with Crippen molar-refractivity contribution in [3.05, 3.63) is 41.3 Å². The van der Waals surface area contributed by atoms with Crippen LogP contribution in [0.2, 0.25) is 5.28 Å². The standard InChI is InChI=1S/C13H13ClN4O/c1-8-7-15-13(14)18-12(8)17-11-5-3-4-10(6-11)16-9(2)19/h3-7H,1-2H3,(H,16,19)(H,15,17,18). The Bertz CT molecular complexity index is 615. The van der Waals surface area contributed by atoms with Crippen molar-refractivity contribution in [2.24, 2.45) is 0 Å². The maximum Gasteiger partial charge on any atom is 0.224 e. The van der Waals surface area contributed by atoms with Crippen molar-refractivity contribution < 1.29 is 4.79 Å². The molecule has 1 heterocycles. The summed E-state index contributed by atoms with van der Waals surface area (Å²) in [5.41, 5.74) is 2.41. The summed E-state index contributed by atoms with van der Waals surface area (Å²) in [6.07, 6.45) is 1.65. The van der Waals surface area contributed by atoms with Gasteiger partial charge in [-0.2, -0.15) is 0 Å². The largest absolute Gasteiger partial charge is 0.340 e. The van der Waals surface area contributed by atoms with Crippen LogP contribution in [-0.2, 0) is 4.79 Å². The molecule has 98 valence electrons. The topological polar surface area (TPSA) is 66.9 Å². The van der Waals surface area contributed by atoms with E-state index in [-0.39, 0.29) is 11.2 Å². The van der Waals surface area contributed by atoms with Gasteiger partial charge in [0, 0.05) is 30.1 Å². The highest BCUT2D eigenvalue weighted by atomic mass is 35.5. The van der Waals surface area contributed by atoms with Gasteiger partial charge in [-0.15, -0.1) is 0 Å². The quantitative estimate of drug-likeness (QED) is 0.845. The number of nitrogens with zero attached hydrogens (tertiary/aromatic N) is 2. The highest BCUT2D eigenvalue weighted by molar-refractivity contribution is 6.28. The fraction of sp³-hybridized carbons (Fsp3) is 0.154. The molecule has 2 aromatic rings. The highest BCUT2D eigenvalue weighted by Crippen LogP contribution is 2.21. The lowest BCUT2D eigenvalue weighted by molar-refractivity contribution is -0.114. The van der Waals surface area contributed by atoms with Gasteiger partial charge in [-0.05, 0) is 36.7 Å². The molecule has 2 N–H and O–H groups in total. The molecule has 0 aliphatic heterocycles. The van der Waals surface area contributed by atoms with Crippen molar-refractivity contribution in [3.8, 4) is 0 Å². The molecule has 0 saturated carbocycles. The number of hydrogen-bond acceptors (Lipinski definition) is 4. The van der Waals surface area contributed by atoms with Crippen LogP contribution in [0.25, 0.3) is 0 Å². The van der Waals surface area contributed by atoms with E-state index in [0.29, 0.717) is 5.82 Å². The smallest absolute Gasteiger partial charge is 0.224 e. The van der Waals surface area contributed by atoms with Crippen LogP contribution in [0, 0.1) is 6.92 Å². The molecule has 5 nitrogen and oxygen atoms in total. The summed E-state index contributed by atoms with van der Waals surface area (Å²) >= 11 is 5.76. The summed E-state index contributed by atoms with van der Waals surface area (Å²) in [7, 11) is 0. The van der Waals surface area contributed by atoms with E-state index in [9.17, 15) is 4.79 Å². The maximum atomic E-state index is 11.0. The third kappa shape index (κ3) is 3.66. The number of hydrogen-bond donors (Lipinski definition) is 2. The summed E-state index contributed by atoms with van der Waals surface area (Å²) < 4.78 is 0. The molecular weight excluding hydrogens is 264 g/mol. The van der Waals surface area contributed by atoms with E-state index >= 15 is 0 Å². The number of rotatable bonds is 3. The number of aryl methyl sites for hydroxylation is 1. The molecule has 0 spiro atoms. The van der Waals surface area contributed by atoms with Crippen molar-refractivity contribution in [2.45, 2.75) is 13.8 Å². The molecule has 0 bridgehead atoms. The molecule has 0 aliphatic rings. The Kier molecular flexibility index (Phi) is 3.97. The van der Waals surface area contributed by atoms with Crippen LogP contribution in [0.4, 0.5) is 17.2 Å². The first-order valence-electron chi connectivity index (χ1n) is 5.68. The zero-order valence-electron chi connectivity index (χ0n) is 10.6. The number of halogens is 1. The Hall–Kier alpha value is -2.14. The van der Waals surface area contributed by atoms with Gasteiger partial charge in [0.2, 0.25) is 11.2 Å². The third-order valence-corrected chi connectivity index (χ3v) is 2.57. The third-order valence-electron chi connectivity index (χ3n) is 2.39. The number of amides is 1. The van der Waals surface area contributed by atoms with E-state index in [1.54, 1.807) is 6.20 Å². The molecule has 19 heavy (non-hydrogen) atoms. The number of carbonyl (C=O) groups is 1. The molecule has 0 atom stereocenters. The molecule has 0 unspecified atom stereocenters. The Morgan fingerprint density at radius 1 is 1.32 bits per heavy atom. The first kappa shape index (κ1) is 13.3. The minimum absolute atomic E-state index is 0.113. The SMILES string of the molecule is CC(=O)Nc1cccc(Nc2nc(Cl)ncc2C)c1. The van der Waals surface area contributed by atoms with E-state index in [2.05, 4.69) is 20.6 Å². The van der Waals surface area contributed by atoms with Gasteiger partial charge in [0.15, 0.2) is 0 Å². The molecule has 0 fully saturated rings. The molecular formula is C13H13ClN4O. The molecule has 1 amide bonds. The van der Waals surface area contributed by atoms with Gasteiger partial charge in [-0.1, -0.05) is 6.07 Å². The first-order valence-corrected chi connectivity index (χ1v) is 6.06. The molecule has 1 aromatic carbocycles. The summed E-state index contributed by atoms with van der Waals surface area (Å²) in [4.78, 5) is 19.0. The first-order chi connectivity index (χ1) is 9.04. The average molecular weight is 277 g/mol. The molecule has 6 heteroatoms. The van der Waals surface area contributed by atoms with Crippen LogP contribution >= 0.6 is 11.6 Å². The zero-order valence-corrected chi connectivity index (χ0v) is 11.3. The molecule has 0 aliphatic carbocycles. The second kappa shape index (κ2) is 5.67. The van der Waals surface area contributed by atoms with Crippen molar-refractivity contribution in [1.29, 1.82) is 0 Å². The van der Waals surface area contributed by atoms with Crippen molar-refractivity contribution in [1.82, 2.24) is 9.97 Å². The lowest BCUT2D eigenvalue weighted by Gasteiger charge is -2.10. The molecule has 1 aromatic heterocycles. The number of anilines is 3. The number of benzene rings is 1. The van der Waals surface area contributed by atoms with Crippen LogP contribution in [0.15, 0.2) is 30.5 Å². The highest BCUT2D eigenvalue weighted by Gasteiger charge is 2.04. The minimum Gasteiger partial charge on any atom is -0.340 e. The van der Waals surface area contributed by atoms with Gasteiger partial charge < -0.3 is 10.6 Å². The van der Waals surface area contributed by atoms with Crippen LogP contribution in [0.3, 0.4) is 0 Å². The summed E-state index contributed by atoms with van der Waals surface area (Å²) in [5, 5.41) is 6.05. The predicted octanol–water partition coefficient (Wildman–Crippen LogP) is 3.14. The summed E-state index contributed by atoms with van der Waals surface area (Å²) in [6.45, 7) is 3.35. The monoisotopic (exact) mass is 276 g/mol. The number of nitrogens with one attached hydrogen (secondary N) is 2. The van der Waals surface area contributed by atoms with E-state index in [4.69, 9.17) is 11.6 Å². The Morgan fingerprint density at radius 3 is 2.79 bits per heavy atom. The normalized spacial score (nSPS) is 10.1. The fourth-order valence-corrected chi connectivity index (χ4v) is 1.70. The van der Waals surface area contributed by atoms with Gasteiger partial charge in [0.25, 0.3) is 0 Å². The van der Waals surface area contributed by atoms with E-state index in [1.807, 2.05) is 31.2 Å². The second-order valence-corrected chi connectivity index (χ2v) is 4.40. The molecule has 0 radical (unpaired) electrons. The van der Waals surface area contributed by atoms with E-state index < -0.39 is 0 Å². The Balaban J connectivity index is 2.23. The average Bonchev–Trinajstić information content (AvgIpc) is 2.33. The predicted molar refractivity (Wildman–Crippen MR) is 75.8 cm³/mol. The maximum absolute atomic E-state index is 11.0. The summed E-state index contributed by atoms with van der Waals surface area (Å²) in [5.74, 6) is 0.526. The number of aromatic nitrogens is 2. The van der Waals surface area contributed by atoms with E-state index in [0.717, 1.165) is 16.9 Å². The van der Waals surface area contributed by atoms with Crippen LogP contribution in [0.5, 0.6) is 0 Å². The minimum atomic E-state index is -0.113. The van der Waals surface area contributed by atoms with Crippen molar-refractivity contribution >= 4 is 34.7 Å². The zero-order chi connectivity index (χ0) is 13.8. The van der Waals surface area contributed by atoms with Gasteiger partial charge in [-0.3, -0.25) is 4.79 Å². The van der Waals surface area contributed by atoms with Gasteiger partial charge in [-0.25, -0.2) is 9.97 Å². The van der Waals surface area contributed by atoms with Gasteiger partial charge >= 0.3 is 0 Å². The van der Waals surface area contributed by atoms with E-state index in [1.165, 1.54) is 6.92 Å².